The van der Waals surface area contributed by atoms with Gasteiger partial charge in [-0.2, -0.15) is 0 Å². The molecule has 0 saturated heterocycles. The number of carbonyl (C=O) groups is 1. The minimum atomic E-state index is -1.37. The van der Waals surface area contributed by atoms with Crippen molar-refractivity contribution in [2.24, 2.45) is 0 Å². The van der Waals surface area contributed by atoms with E-state index in [1.165, 1.54) is 6.92 Å². The van der Waals surface area contributed by atoms with Gasteiger partial charge >= 0.3 is 5.97 Å². The van der Waals surface area contributed by atoms with Crippen LogP contribution in [0.2, 0.25) is 0 Å². The summed E-state index contributed by atoms with van der Waals surface area (Å²) in [6.07, 6.45) is 0. The van der Waals surface area contributed by atoms with Crippen molar-refractivity contribution in [2.45, 2.75) is 13.5 Å². The van der Waals surface area contributed by atoms with E-state index in [-0.39, 0.29) is 11.1 Å². The average molecular weight is 197 g/mol. The van der Waals surface area contributed by atoms with E-state index in [1.54, 1.807) is 0 Å². The van der Waals surface area contributed by atoms with E-state index in [1.807, 2.05) is 0 Å². The predicted molar refractivity (Wildman–Crippen MR) is 45.2 cm³/mol. The number of aromatic carboxylic acids is 1. The van der Waals surface area contributed by atoms with Crippen molar-refractivity contribution in [1.82, 2.24) is 0 Å². The van der Waals surface area contributed by atoms with Crippen molar-refractivity contribution in [1.29, 1.82) is 0 Å². The molecule has 0 unspecified atom stereocenters. The summed E-state index contributed by atoms with van der Waals surface area (Å²) >= 11 is 0. The highest BCUT2D eigenvalue weighted by atomic mass is 16.4. The van der Waals surface area contributed by atoms with Gasteiger partial charge in [0.2, 0.25) is 0 Å². The van der Waals surface area contributed by atoms with Gasteiger partial charge in [0.05, 0.1) is 6.61 Å². The van der Waals surface area contributed by atoms with E-state index in [2.05, 4.69) is 0 Å². The molecule has 0 aliphatic carbocycles. The summed E-state index contributed by atoms with van der Waals surface area (Å²) in [7, 11) is 0. The normalized spacial score (nSPS) is 10.1. The van der Waals surface area contributed by atoms with Gasteiger partial charge in [-0.15, -0.1) is 5.75 Å². The van der Waals surface area contributed by atoms with Gasteiger partial charge in [-0.05, 0) is 18.6 Å². The van der Waals surface area contributed by atoms with Crippen LogP contribution in [0.5, 0.6) is 11.5 Å². The fraction of sp³-hybridized carbons (Fsp3) is 0.222. The Morgan fingerprint density at radius 2 is 2.14 bits per heavy atom. The summed E-state index contributed by atoms with van der Waals surface area (Å²) in [6, 6.07) is 0.831. The molecule has 5 nitrogen and oxygen atoms in total. The van der Waals surface area contributed by atoms with Crippen LogP contribution >= 0.6 is 0 Å². The Morgan fingerprint density at radius 3 is 2.57 bits per heavy atom. The van der Waals surface area contributed by atoms with Gasteiger partial charge in [-0.25, -0.2) is 4.79 Å². The van der Waals surface area contributed by atoms with Crippen LogP contribution in [-0.4, -0.2) is 21.3 Å². The predicted octanol–water partition coefficient (Wildman–Crippen LogP) is -0.0353. The second-order valence-corrected chi connectivity index (χ2v) is 2.84. The van der Waals surface area contributed by atoms with Crippen molar-refractivity contribution in [3.63, 3.8) is 0 Å². The number of aliphatic hydroxyl groups excluding tert-OH is 1. The quantitative estimate of drug-likeness (QED) is 0.617. The number of benzene rings is 1. The molecule has 0 spiro atoms. The lowest BCUT2D eigenvalue weighted by atomic mass is 10.0. The lowest BCUT2D eigenvalue weighted by Crippen LogP contribution is -2.07. The minimum Gasteiger partial charge on any atom is -0.872 e. The lowest BCUT2D eigenvalue weighted by molar-refractivity contribution is -0.269. The Bertz CT molecular complexity index is 383. The number of rotatable bonds is 2. The van der Waals surface area contributed by atoms with E-state index in [4.69, 9.17) is 10.2 Å². The molecule has 0 saturated carbocycles. The molecule has 14 heavy (non-hydrogen) atoms. The monoisotopic (exact) mass is 197 g/mol. The molecule has 76 valence electrons. The van der Waals surface area contributed by atoms with E-state index in [9.17, 15) is 15.0 Å². The first-order valence-corrected chi connectivity index (χ1v) is 3.85. The minimum absolute atomic E-state index is 0.0394. The number of carboxylic acids is 1. The number of carboxylic acid groups (broad SMARTS) is 1. The SMILES string of the molecule is Cc1c([O-])cc(O)c(C(=O)O)c1CO. The first-order chi connectivity index (χ1) is 6.49. The standard InChI is InChI=1S/C9H10O5/c1-4-5(3-10)8(9(13)14)7(12)2-6(4)11/h2,10-12H,3H2,1H3,(H,13,14)/p-1. The topological polar surface area (TPSA) is 101 Å². The largest absolute Gasteiger partial charge is 0.872 e. The van der Waals surface area contributed by atoms with Gasteiger partial charge in [0.1, 0.15) is 11.3 Å². The summed E-state index contributed by atoms with van der Waals surface area (Å²) in [6.45, 7) is 0.816. The summed E-state index contributed by atoms with van der Waals surface area (Å²) in [4.78, 5) is 10.7. The molecule has 1 aromatic rings. The third kappa shape index (κ3) is 1.49. The van der Waals surface area contributed by atoms with Gasteiger partial charge in [0.15, 0.2) is 0 Å². The third-order valence-electron chi connectivity index (χ3n) is 2.02. The zero-order chi connectivity index (χ0) is 10.9. The first-order valence-electron chi connectivity index (χ1n) is 3.85. The van der Waals surface area contributed by atoms with Crippen molar-refractivity contribution in [2.75, 3.05) is 0 Å². The Balaban J connectivity index is 3.55. The zero-order valence-electron chi connectivity index (χ0n) is 7.44. The molecule has 0 aliphatic heterocycles. The van der Waals surface area contributed by atoms with Crippen LogP contribution in [0, 0.1) is 6.92 Å². The van der Waals surface area contributed by atoms with Crippen LogP contribution in [0.25, 0.3) is 0 Å². The van der Waals surface area contributed by atoms with Crippen LogP contribution in [0.15, 0.2) is 6.07 Å². The molecule has 0 aromatic heterocycles. The van der Waals surface area contributed by atoms with Gasteiger partial charge in [-0.1, -0.05) is 5.56 Å². The van der Waals surface area contributed by atoms with E-state index >= 15 is 0 Å². The van der Waals surface area contributed by atoms with E-state index < -0.39 is 29.6 Å². The van der Waals surface area contributed by atoms with Crippen molar-refractivity contribution >= 4 is 5.97 Å². The highest BCUT2D eigenvalue weighted by molar-refractivity contribution is 5.93. The molecular weight excluding hydrogens is 188 g/mol. The number of hydrogen-bond acceptors (Lipinski definition) is 4. The Kier molecular flexibility index (Phi) is 2.62. The molecule has 0 amide bonds. The highest BCUT2D eigenvalue weighted by Gasteiger charge is 2.17. The second-order valence-electron chi connectivity index (χ2n) is 2.84. The molecule has 1 aromatic carbocycles. The van der Waals surface area contributed by atoms with Gasteiger partial charge < -0.3 is 20.4 Å². The highest BCUT2D eigenvalue weighted by Crippen LogP contribution is 2.30. The van der Waals surface area contributed by atoms with Crippen LogP contribution in [-0.2, 0) is 6.61 Å². The number of hydrogen-bond donors (Lipinski definition) is 3. The fourth-order valence-corrected chi connectivity index (χ4v) is 1.23. The smallest absolute Gasteiger partial charge is 0.339 e. The van der Waals surface area contributed by atoms with Crippen LogP contribution in [0.1, 0.15) is 21.5 Å². The maximum atomic E-state index is 11.1. The van der Waals surface area contributed by atoms with E-state index in [0.717, 1.165) is 6.07 Å². The lowest BCUT2D eigenvalue weighted by Gasteiger charge is -2.16. The molecule has 1 rings (SSSR count). The summed E-state index contributed by atoms with van der Waals surface area (Å²) in [5.41, 5.74) is -0.310. The maximum absolute atomic E-state index is 11.1. The number of phenols is 1. The molecule has 0 fully saturated rings. The van der Waals surface area contributed by atoms with Crippen molar-refractivity contribution < 1.29 is 25.2 Å². The number of aromatic hydroxyl groups is 1. The Labute approximate surface area is 79.9 Å². The summed E-state index contributed by atoms with van der Waals surface area (Å²) < 4.78 is 0. The molecule has 0 bridgehead atoms. The molecular formula is C9H9O5-. The Morgan fingerprint density at radius 1 is 1.57 bits per heavy atom. The average Bonchev–Trinajstić information content (AvgIpc) is 2.09. The zero-order valence-corrected chi connectivity index (χ0v) is 7.44. The maximum Gasteiger partial charge on any atom is 0.339 e. The molecule has 0 radical (unpaired) electrons. The molecule has 0 aliphatic rings. The van der Waals surface area contributed by atoms with Crippen LogP contribution < -0.4 is 5.11 Å². The molecule has 0 heterocycles. The summed E-state index contributed by atoms with van der Waals surface area (Å²) in [5.74, 6) is -2.47. The molecule has 3 N–H and O–H groups in total. The molecule has 0 atom stereocenters. The molecule has 5 heteroatoms. The van der Waals surface area contributed by atoms with Gasteiger partial charge in [0.25, 0.3) is 0 Å². The van der Waals surface area contributed by atoms with Crippen LogP contribution in [0.4, 0.5) is 0 Å². The van der Waals surface area contributed by atoms with Crippen LogP contribution in [0.3, 0.4) is 0 Å². The van der Waals surface area contributed by atoms with Crippen molar-refractivity contribution in [3.05, 3.63) is 22.8 Å². The first kappa shape index (κ1) is 10.3. The van der Waals surface area contributed by atoms with Crippen molar-refractivity contribution in [3.8, 4) is 11.5 Å². The van der Waals surface area contributed by atoms with E-state index in [0.29, 0.717) is 0 Å². The fourth-order valence-electron chi connectivity index (χ4n) is 1.23. The van der Waals surface area contributed by atoms with Gasteiger partial charge in [-0.3, -0.25) is 0 Å². The number of aliphatic hydroxyl groups is 1. The van der Waals surface area contributed by atoms with Gasteiger partial charge in [0, 0.05) is 0 Å². The Hall–Kier alpha value is -1.75. The third-order valence-corrected chi connectivity index (χ3v) is 2.02. The second kappa shape index (κ2) is 3.55. The summed E-state index contributed by atoms with van der Waals surface area (Å²) in [5, 5.41) is 37.9.